The van der Waals surface area contributed by atoms with Crippen LogP contribution in [0.1, 0.15) is 133 Å². The van der Waals surface area contributed by atoms with E-state index in [0.29, 0.717) is 29.0 Å². The Bertz CT molecular complexity index is 1820. The molecule has 55 heavy (non-hydrogen) atoms. The number of carbonyl (C=O) groups is 1. The SMILES string of the molecule is CC(C)CCC[C@@H](C)[C@H]1CC[C@H]2[C@@H]3CC=C4C[C@@H](n5cc(COc6ccc(/C=C/C(=O)c7cc[cH-]c7)cc6)nn5)CC[C@]4(C)[C@H]3CC[C@]12C.[Fe+2].c1cc[cH-]c1. The summed E-state index contributed by atoms with van der Waals surface area (Å²) in [5, 5.41) is 9.09. The van der Waals surface area contributed by atoms with Crippen molar-refractivity contribution < 1.29 is 26.6 Å². The van der Waals surface area contributed by atoms with Gasteiger partial charge in [0, 0.05) is 0 Å². The largest absolute Gasteiger partial charge is 2.00 e. The van der Waals surface area contributed by atoms with E-state index in [1.165, 1.54) is 64.2 Å². The van der Waals surface area contributed by atoms with E-state index in [4.69, 9.17) is 4.74 Å². The molecule has 0 unspecified atom stereocenters. The molecule has 6 heteroatoms. The molecule has 0 saturated heterocycles. The Morgan fingerprint density at radius 1 is 0.964 bits per heavy atom. The Hall–Kier alpha value is -3.47. The molecule has 0 bridgehead atoms. The Morgan fingerprint density at radius 3 is 2.47 bits per heavy atom. The molecule has 5 nitrogen and oxygen atoms in total. The van der Waals surface area contributed by atoms with Crippen LogP contribution in [0.15, 0.2) is 103 Å². The van der Waals surface area contributed by atoms with Crippen molar-refractivity contribution in [3.8, 4) is 5.75 Å². The quantitative estimate of drug-likeness (QED) is 0.0472. The van der Waals surface area contributed by atoms with Crippen LogP contribution in [0.5, 0.6) is 5.75 Å². The number of fused-ring (bicyclic) bond motifs is 5. The molecule has 4 aliphatic carbocycles. The molecule has 0 amide bonds. The molecule has 3 aromatic carbocycles. The molecule has 8 rings (SSSR count). The maximum absolute atomic E-state index is 12.2. The Labute approximate surface area is 341 Å². The zero-order valence-electron chi connectivity index (χ0n) is 33.9. The van der Waals surface area contributed by atoms with Crippen molar-refractivity contribution in [1.29, 1.82) is 0 Å². The van der Waals surface area contributed by atoms with Gasteiger partial charge in [-0.05, 0) is 121 Å². The molecule has 294 valence electrons. The number of allylic oxidation sites excluding steroid dienone is 3. The molecule has 8 atom stereocenters. The average Bonchev–Trinajstić information content (AvgIpc) is 4.01. The molecule has 3 fully saturated rings. The van der Waals surface area contributed by atoms with Gasteiger partial charge in [0.2, 0.25) is 0 Å². The first-order valence-corrected chi connectivity index (χ1v) is 21.1. The molecule has 4 aliphatic rings. The second-order valence-corrected chi connectivity index (χ2v) is 18.1. The molecular formula is C49H63FeN3O2. The first-order valence-electron chi connectivity index (χ1n) is 21.1. The monoisotopic (exact) mass is 781 g/mol. The Morgan fingerprint density at radius 2 is 1.76 bits per heavy atom. The number of hydrogen-bond acceptors (Lipinski definition) is 4. The summed E-state index contributed by atoms with van der Waals surface area (Å²) in [5.74, 6) is 6.01. The fourth-order valence-corrected chi connectivity index (χ4v) is 11.4. The summed E-state index contributed by atoms with van der Waals surface area (Å²) >= 11 is 0. The third-order valence-corrected chi connectivity index (χ3v) is 14.4. The van der Waals surface area contributed by atoms with Crippen molar-refractivity contribution in [2.45, 2.75) is 118 Å². The van der Waals surface area contributed by atoms with Crippen LogP contribution in [0.25, 0.3) is 6.08 Å². The van der Waals surface area contributed by atoms with Crippen molar-refractivity contribution in [3.63, 3.8) is 0 Å². The Kier molecular flexibility index (Phi) is 13.6. The average molecular weight is 782 g/mol. The number of benzene rings is 1. The zero-order chi connectivity index (χ0) is 37.7. The van der Waals surface area contributed by atoms with Crippen LogP contribution < -0.4 is 4.74 Å². The summed E-state index contributed by atoms with van der Waals surface area (Å²) in [5.41, 5.74) is 5.11. The summed E-state index contributed by atoms with van der Waals surface area (Å²) in [7, 11) is 0. The van der Waals surface area contributed by atoms with E-state index in [2.05, 4.69) is 61.9 Å². The van der Waals surface area contributed by atoms with E-state index >= 15 is 0 Å². The van der Waals surface area contributed by atoms with Gasteiger partial charge in [-0.1, -0.05) is 89.0 Å². The van der Waals surface area contributed by atoms with E-state index in [-0.39, 0.29) is 22.9 Å². The van der Waals surface area contributed by atoms with Crippen molar-refractivity contribution in [2.24, 2.45) is 46.3 Å². The number of ketones is 1. The Balaban J connectivity index is 0.000000794. The van der Waals surface area contributed by atoms with Gasteiger partial charge in [0.1, 0.15) is 23.8 Å². The van der Waals surface area contributed by atoms with Crippen molar-refractivity contribution in [2.75, 3.05) is 0 Å². The third-order valence-electron chi connectivity index (χ3n) is 14.4. The number of rotatable bonds is 12. The molecule has 0 aliphatic heterocycles. The van der Waals surface area contributed by atoms with E-state index in [1.807, 2.05) is 84.9 Å². The van der Waals surface area contributed by atoms with Crippen molar-refractivity contribution in [1.82, 2.24) is 15.0 Å². The van der Waals surface area contributed by atoms with E-state index in [9.17, 15) is 4.79 Å². The van der Waals surface area contributed by atoms with Gasteiger partial charge in [-0.2, -0.15) is 36.4 Å². The fourth-order valence-electron chi connectivity index (χ4n) is 11.4. The first-order chi connectivity index (χ1) is 26.1. The maximum atomic E-state index is 12.2. The topological polar surface area (TPSA) is 57.0 Å². The number of ether oxygens (including phenoxy) is 1. The molecular weight excluding hydrogens is 718 g/mol. The van der Waals surface area contributed by atoms with Gasteiger partial charge in [0.25, 0.3) is 0 Å². The second kappa shape index (κ2) is 18.2. The van der Waals surface area contributed by atoms with Crippen LogP contribution in [0.2, 0.25) is 0 Å². The minimum Gasteiger partial charge on any atom is -0.487 e. The summed E-state index contributed by atoms with van der Waals surface area (Å²) < 4.78 is 8.18. The molecule has 4 aromatic rings. The summed E-state index contributed by atoms with van der Waals surface area (Å²) in [6.45, 7) is 13.1. The van der Waals surface area contributed by atoms with Gasteiger partial charge in [-0.3, -0.25) is 0 Å². The molecule has 0 radical (unpaired) electrons. The van der Waals surface area contributed by atoms with Crippen LogP contribution in [0, 0.1) is 46.3 Å². The minimum absolute atomic E-state index is 0. The van der Waals surface area contributed by atoms with Crippen LogP contribution in [0.4, 0.5) is 0 Å². The number of hydrogen-bond donors (Lipinski definition) is 0. The van der Waals surface area contributed by atoms with Crippen LogP contribution in [-0.2, 0) is 23.7 Å². The number of aromatic nitrogens is 3. The molecule has 3 saturated carbocycles. The van der Waals surface area contributed by atoms with E-state index < -0.39 is 0 Å². The van der Waals surface area contributed by atoms with E-state index in [0.717, 1.165) is 58.9 Å². The molecule has 0 N–H and O–H groups in total. The second-order valence-electron chi connectivity index (χ2n) is 18.1. The van der Waals surface area contributed by atoms with Gasteiger partial charge in [-0.15, -0.1) is 10.7 Å². The van der Waals surface area contributed by atoms with Gasteiger partial charge >= 0.3 is 17.1 Å². The molecule has 0 spiro atoms. The summed E-state index contributed by atoms with van der Waals surface area (Å²) in [6, 6.07) is 25.6. The summed E-state index contributed by atoms with van der Waals surface area (Å²) in [4.78, 5) is 12.2. The molecule has 1 aromatic heterocycles. The van der Waals surface area contributed by atoms with Crippen LogP contribution >= 0.6 is 0 Å². The smallest absolute Gasteiger partial charge is 0.487 e. The number of nitrogens with zero attached hydrogens (tertiary/aromatic N) is 3. The standard InChI is InChI=1S/C44H58N3O2.C5H5.Fe/c1-30(2)9-8-10-31(3)39-20-21-40-38-19-16-34-27-36(23-25-43(34,4)41(38)24-26-44(39,40)5)47-28-35(45-46-47)29-49-37-17-13-32(14-18-37)15-22-42(48)33-11-6-7-12-33;1-2-4-5-3-1;/h6-7,11-18,22,28,30-31,36,38-41H,8-10,19-21,23-27,29H2,1-5H3;1-5H;/q2*-1;+2/b22-15+;;/t31-,36+,38+,39-,40+,41+,43+,44-;;/m1../s1. The number of carbonyl (C=O) groups excluding carboxylic acids is 1. The minimum atomic E-state index is 0. The normalized spacial score (nSPS) is 28.9. The zero-order valence-corrected chi connectivity index (χ0v) is 35.0. The fraction of sp³-hybridized carbons (Fsp3) is 0.531. The van der Waals surface area contributed by atoms with Crippen molar-refractivity contribution >= 4 is 11.9 Å². The van der Waals surface area contributed by atoms with Gasteiger partial charge < -0.3 is 9.53 Å². The van der Waals surface area contributed by atoms with E-state index in [1.54, 1.807) is 11.6 Å². The predicted octanol–water partition coefficient (Wildman–Crippen LogP) is 12.5. The van der Waals surface area contributed by atoms with Gasteiger partial charge in [0.05, 0.1) is 12.2 Å². The van der Waals surface area contributed by atoms with Crippen molar-refractivity contribution in [3.05, 3.63) is 120 Å². The third kappa shape index (κ3) is 9.23. The van der Waals surface area contributed by atoms with Gasteiger partial charge in [0.15, 0.2) is 0 Å². The first kappa shape index (κ1) is 41.2. The van der Waals surface area contributed by atoms with Crippen LogP contribution in [-0.4, -0.2) is 20.8 Å². The van der Waals surface area contributed by atoms with Crippen LogP contribution in [0.3, 0.4) is 0 Å². The molecule has 1 heterocycles. The summed E-state index contributed by atoms with van der Waals surface area (Å²) in [6.07, 6.45) is 23.0. The predicted molar refractivity (Wildman–Crippen MR) is 220 cm³/mol. The maximum Gasteiger partial charge on any atom is 2.00 e. The van der Waals surface area contributed by atoms with Gasteiger partial charge in [-0.25, -0.2) is 22.9 Å².